The maximum atomic E-state index is 12.3. The summed E-state index contributed by atoms with van der Waals surface area (Å²) in [4.78, 5) is 24.3. The van der Waals surface area contributed by atoms with Crippen molar-refractivity contribution in [3.05, 3.63) is 29.8 Å². The van der Waals surface area contributed by atoms with Crippen LogP contribution in [0.3, 0.4) is 0 Å². The van der Waals surface area contributed by atoms with Gasteiger partial charge in [0.2, 0.25) is 5.91 Å². The Hall–Kier alpha value is -2.37. The zero-order valence-electron chi connectivity index (χ0n) is 13.1. The highest BCUT2D eigenvalue weighted by atomic mass is 16.4. The highest BCUT2D eigenvalue weighted by Crippen LogP contribution is 2.07. The Balaban J connectivity index is 2.86. The van der Waals surface area contributed by atoms with Crippen LogP contribution in [0.25, 0.3) is 0 Å². The first-order valence-electron chi connectivity index (χ1n) is 7.26. The highest BCUT2D eigenvalue weighted by molar-refractivity contribution is 6.58. The molecule has 0 saturated heterocycles. The van der Waals surface area contributed by atoms with E-state index in [4.69, 9.17) is 15.3 Å². The van der Waals surface area contributed by atoms with Crippen molar-refractivity contribution in [1.29, 1.82) is 5.26 Å². The maximum absolute atomic E-state index is 12.3. The molecule has 0 aliphatic heterocycles. The van der Waals surface area contributed by atoms with Gasteiger partial charge in [-0.2, -0.15) is 5.26 Å². The number of nitrogens with one attached hydrogen (secondary N) is 2. The van der Waals surface area contributed by atoms with E-state index >= 15 is 0 Å². The maximum Gasteiger partial charge on any atom is 0.488 e. The number of nitrogens with zero attached hydrogens (tertiary/aromatic N) is 1. The Morgan fingerprint density at radius 1 is 1.35 bits per heavy atom. The van der Waals surface area contributed by atoms with Gasteiger partial charge in [0, 0.05) is 5.56 Å². The average molecular weight is 317 g/mol. The molecule has 0 saturated carbocycles. The molecule has 122 valence electrons. The first kappa shape index (κ1) is 18.7. The number of amides is 2. The molecule has 0 bridgehead atoms. The summed E-state index contributed by atoms with van der Waals surface area (Å²) in [6.07, 6.45) is 0.422. The number of hydrogen-bond donors (Lipinski definition) is 4. The van der Waals surface area contributed by atoms with Gasteiger partial charge in [0.05, 0.1) is 6.07 Å². The van der Waals surface area contributed by atoms with Gasteiger partial charge in [-0.25, -0.2) is 0 Å². The number of carbonyl (C=O) groups is 2. The fraction of sp³-hybridized carbons (Fsp3) is 0.400. The fourth-order valence-corrected chi connectivity index (χ4v) is 2.03. The lowest BCUT2D eigenvalue weighted by Gasteiger charge is -2.19. The van der Waals surface area contributed by atoms with Crippen LogP contribution in [-0.4, -0.2) is 41.6 Å². The summed E-state index contributed by atoms with van der Waals surface area (Å²) >= 11 is 0. The molecule has 0 aliphatic rings. The second kappa shape index (κ2) is 8.93. The summed E-state index contributed by atoms with van der Waals surface area (Å²) in [5.74, 6) is -0.754. The van der Waals surface area contributed by atoms with Crippen molar-refractivity contribution in [3.63, 3.8) is 0 Å². The summed E-state index contributed by atoms with van der Waals surface area (Å²) in [6.45, 7) is 3.70. The Morgan fingerprint density at radius 2 is 2.04 bits per heavy atom. The van der Waals surface area contributed by atoms with Crippen molar-refractivity contribution in [3.8, 4) is 6.07 Å². The molecule has 0 spiro atoms. The molecule has 7 nitrogen and oxygen atoms in total. The van der Waals surface area contributed by atoms with Gasteiger partial charge in [0.1, 0.15) is 12.6 Å². The number of carbonyl (C=O) groups excluding carboxylic acids is 2. The van der Waals surface area contributed by atoms with Crippen LogP contribution in [0.4, 0.5) is 0 Å². The molecular formula is C15H20BN3O4. The zero-order valence-corrected chi connectivity index (χ0v) is 13.1. The average Bonchev–Trinajstić information content (AvgIpc) is 2.51. The van der Waals surface area contributed by atoms with Crippen molar-refractivity contribution in [2.24, 2.45) is 5.92 Å². The molecular weight excluding hydrogens is 297 g/mol. The number of nitriles is 1. The third kappa shape index (κ3) is 6.10. The van der Waals surface area contributed by atoms with Crippen molar-refractivity contribution in [2.75, 3.05) is 6.54 Å². The number of benzene rings is 1. The predicted octanol–water partition coefficient (Wildman–Crippen LogP) is -0.849. The molecule has 0 radical (unpaired) electrons. The van der Waals surface area contributed by atoms with E-state index in [0.29, 0.717) is 6.42 Å². The molecule has 0 heterocycles. The van der Waals surface area contributed by atoms with Crippen LogP contribution in [0.2, 0.25) is 0 Å². The van der Waals surface area contributed by atoms with Gasteiger partial charge < -0.3 is 20.7 Å². The zero-order chi connectivity index (χ0) is 17.4. The normalized spacial score (nSPS) is 11.5. The molecule has 2 amide bonds. The Morgan fingerprint density at radius 3 is 2.61 bits per heavy atom. The van der Waals surface area contributed by atoms with Crippen molar-refractivity contribution in [1.82, 2.24) is 10.6 Å². The third-order valence-corrected chi connectivity index (χ3v) is 3.12. The van der Waals surface area contributed by atoms with Crippen molar-refractivity contribution >= 4 is 24.4 Å². The van der Waals surface area contributed by atoms with E-state index in [9.17, 15) is 9.59 Å². The summed E-state index contributed by atoms with van der Waals surface area (Å²) in [5, 5.41) is 31.9. The van der Waals surface area contributed by atoms with Gasteiger partial charge in [-0.1, -0.05) is 26.0 Å². The Kier molecular flexibility index (Phi) is 7.25. The van der Waals surface area contributed by atoms with Gasteiger partial charge >= 0.3 is 7.12 Å². The van der Waals surface area contributed by atoms with Gasteiger partial charge in [-0.05, 0) is 29.9 Å². The number of rotatable bonds is 7. The van der Waals surface area contributed by atoms with E-state index in [1.165, 1.54) is 24.3 Å². The number of hydrogen-bond acceptors (Lipinski definition) is 5. The standard InChI is InChI=1S/C15H20BN3O4/c1-10(2)8-13(15(21)18-7-6-17)19-14(20)11-4-3-5-12(9-11)16(22)23/h3-5,9-10,13,22-23H,7-8H2,1-2H3,(H,18,21)(H,19,20)/t13-/m0/s1. The summed E-state index contributed by atoms with van der Waals surface area (Å²) in [6, 6.07) is 6.91. The van der Waals surface area contributed by atoms with E-state index in [2.05, 4.69) is 10.6 Å². The molecule has 8 heteroatoms. The molecule has 1 rings (SSSR count). The molecule has 1 aromatic carbocycles. The largest absolute Gasteiger partial charge is 0.488 e. The minimum atomic E-state index is -1.67. The topological polar surface area (TPSA) is 122 Å². The smallest absolute Gasteiger partial charge is 0.423 e. The van der Waals surface area contributed by atoms with E-state index in [-0.39, 0.29) is 23.5 Å². The molecule has 1 aromatic rings. The van der Waals surface area contributed by atoms with Gasteiger partial charge in [0.15, 0.2) is 0 Å². The van der Waals surface area contributed by atoms with E-state index in [1.807, 2.05) is 19.9 Å². The lowest BCUT2D eigenvalue weighted by molar-refractivity contribution is -0.123. The summed E-state index contributed by atoms with van der Waals surface area (Å²) in [7, 11) is -1.67. The van der Waals surface area contributed by atoms with Gasteiger partial charge in [-0.3, -0.25) is 9.59 Å². The first-order chi connectivity index (χ1) is 10.8. The molecule has 0 fully saturated rings. The van der Waals surface area contributed by atoms with Crippen LogP contribution in [0.5, 0.6) is 0 Å². The van der Waals surface area contributed by atoms with Crippen molar-refractivity contribution in [2.45, 2.75) is 26.3 Å². The second-order valence-electron chi connectivity index (χ2n) is 5.53. The molecule has 4 N–H and O–H groups in total. The van der Waals surface area contributed by atoms with Crippen LogP contribution in [0.1, 0.15) is 30.6 Å². The van der Waals surface area contributed by atoms with E-state index in [0.717, 1.165) is 0 Å². The van der Waals surface area contributed by atoms with E-state index < -0.39 is 25.0 Å². The van der Waals surface area contributed by atoms with Crippen LogP contribution >= 0.6 is 0 Å². The summed E-state index contributed by atoms with van der Waals surface area (Å²) in [5.41, 5.74) is 0.407. The van der Waals surface area contributed by atoms with Crippen LogP contribution in [0, 0.1) is 17.2 Å². The predicted molar refractivity (Wildman–Crippen MR) is 85.6 cm³/mol. The molecule has 0 aliphatic carbocycles. The monoisotopic (exact) mass is 317 g/mol. The van der Waals surface area contributed by atoms with Crippen LogP contribution < -0.4 is 16.1 Å². The van der Waals surface area contributed by atoms with E-state index in [1.54, 1.807) is 0 Å². The highest BCUT2D eigenvalue weighted by Gasteiger charge is 2.23. The van der Waals surface area contributed by atoms with Gasteiger partial charge in [0.25, 0.3) is 5.91 Å². The second-order valence-corrected chi connectivity index (χ2v) is 5.53. The lowest BCUT2D eigenvalue weighted by Crippen LogP contribution is -2.47. The van der Waals surface area contributed by atoms with Gasteiger partial charge in [-0.15, -0.1) is 0 Å². The minimum Gasteiger partial charge on any atom is -0.423 e. The summed E-state index contributed by atoms with van der Waals surface area (Å²) < 4.78 is 0. The molecule has 1 atom stereocenters. The lowest BCUT2D eigenvalue weighted by atomic mass is 9.79. The third-order valence-electron chi connectivity index (χ3n) is 3.12. The quantitative estimate of drug-likeness (QED) is 0.385. The van der Waals surface area contributed by atoms with Crippen molar-refractivity contribution < 1.29 is 19.6 Å². The van der Waals surface area contributed by atoms with Crippen LogP contribution in [-0.2, 0) is 4.79 Å². The SMILES string of the molecule is CC(C)C[C@H](NC(=O)c1cccc(B(O)O)c1)C(=O)NCC#N. The first-order valence-corrected chi connectivity index (χ1v) is 7.26. The fourth-order valence-electron chi connectivity index (χ4n) is 2.03. The molecule has 0 unspecified atom stereocenters. The Labute approximate surface area is 135 Å². The van der Waals surface area contributed by atoms with Crippen LogP contribution in [0.15, 0.2) is 24.3 Å². The minimum absolute atomic E-state index is 0.129. The molecule has 23 heavy (non-hydrogen) atoms. The Bertz CT molecular complexity index is 599. The molecule has 0 aromatic heterocycles.